The Morgan fingerprint density at radius 3 is 2.54 bits per heavy atom. The number of aliphatic imine (C=N–C) groups is 1. The van der Waals surface area contributed by atoms with Crippen LogP contribution in [0.2, 0.25) is 0 Å². The van der Waals surface area contributed by atoms with Gasteiger partial charge in [-0.15, -0.1) is 0 Å². The first-order valence-corrected chi connectivity index (χ1v) is 9.07. The molecule has 0 bridgehead atoms. The summed E-state index contributed by atoms with van der Waals surface area (Å²) in [6.45, 7) is 5.65. The third-order valence-electron chi connectivity index (χ3n) is 4.91. The smallest absolute Gasteiger partial charge is 0.166 e. The molecule has 1 fully saturated rings. The average molecular weight is 355 g/mol. The topological polar surface area (TPSA) is 55.5 Å². The molecule has 26 heavy (non-hydrogen) atoms. The van der Waals surface area contributed by atoms with Gasteiger partial charge in [0, 0.05) is 17.3 Å². The minimum atomic E-state index is 0.0658. The van der Waals surface area contributed by atoms with Gasteiger partial charge in [-0.1, -0.05) is 36.4 Å². The van der Waals surface area contributed by atoms with Gasteiger partial charge in [-0.05, 0) is 19.1 Å². The summed E-state index contributed by atoms with van der Waals surface area (Å²) in [6, 6.07) is 16.3. The second kappa shape index (κ2) is 8.83. The van der Waals surface area contributed by atoms with Crippen molar-refractivity contribution in [2.24, 2.45) is 4.99 Å². The standard InChI is InChI=1S/C21H26N2O3/c1-16(22-15-18-9-6-10-19(25-2)21(18)24)20(17-7-4-3-5-8-17)23-11-13-26-14-12-23/h3-10,15-16,20,24H,11-14H2,1-2H3/p+1/t16-,20-/m0/s1. The van der Waals surface area contributed by atoms with E-state index in [0.29, 0.717) is 11.3 Å². The summed E-state index contributed by atoms with van der Waals surface area (Å²) in [5.41, 5.74) is 1.95. The van der Waals surface area contributed by atoms with Crippen LogP contribution in [0.1, 0.15) is 24.1 Å². The van der Waals surface area contributed by atoms with Crippen molar-refractivity contribution in [3.8, 4) is 11.5 Å². The number of aromatic hydroxyl groups is 1. The highest BCUT2D eigenvalue weighted by molar-refractivity contribution is 5.84. The van der Waals surface area contributed by atoms with E-state index in [1.807, 2.05) is 18.2 Å². The maximum Gasteiger partial charge on any atom is 0.166 e. The van der Waals surface area contributed by atoms with E-state index in [1.165, 1.54) is 10.5 Å². The van der Waals surface area contributed by atoms with Crippen molar-refractivity contribution < 1.29 is 19.5 Å². The molecule has 0 unspecified atom stereocenters. The lowest BCUT2D eigenvalue weighted by Gasteiger charge is -2.33. The molecule has 1 aliphatic rings. The Bertz CT molecular complexity index is 727. The number of quaternary nitrogens is 1. The fraction of sp³-hybridized carbons (Fsp3) is 0.381. The number of para-hydroxylation sites is 1. The number of nitrogens with zero attached hydrogens (tertiary/aromatic N) is 1. The molecule has 2 aromatic rings. The van der Waals surface area contributed by atoms with Gasteiger partial charge in [0.1, 0.15) is 25.2 Å². The zero-order chi connectivity index (χ0) is 18.4. The first kappa shape index (κ1) is 18.4. The third-order valence-corrected chi connectivity index (χ3v) is 4.91. The molecule has 2 N–H and O–H groups in total. The Labute approximate surface area is 154 Å². The Kier molecular flexibility index (Phi) is 6.26. The molecular weight excluding hydrogens is 328 g/mol. The van der Waals surface area contributed by atoms with Gasteiger partial charge in [-0.3, -0.25) is 4.99 Å². The number of ether oxygens (including phenoxy) is 2. The van der Waals surface area contributed by atoms with E-state index < -0.39 is 0 Å². The minimum Gasteiger partial charge on any atom is -0.504 e. The van der Waals surface area contributed by atoms with E-state index in [0.717, 1.165) is 26.3 Å². The van der Waals surface area contributed by atoms with Gasteiger partial charge < -0.3 is 19.5 Å². The zero-order valence-corrected chi connectivity index (χ0v) is 15.4. The second-order valence-corrected chi connectivity index (χ2v) is 6.58. The van der Waals surface area contributed by atoms with Gasteiger partial charge in [0.05, 0.1) is 20.3 Å². The van der Waals surface area contributed by atoms with Crippen LogP contribution in [0.25, 0.3) is 0 Å². The zero-order valence-electron chi connectivity index (χ0n) is 15.4. The minimum absolute atomic E-state index is 0.0658. The van der Waals surface area contributed by atoms with E-state index in [4.69, 9.17) is 14.5 Å². The molecule has 0 spiro atoms. The predicted octanol–water partition coefficient (Wildman–Crippen LogP) is 1.86. The first-order chi connectivity index (χ1) is 12.7. The van der Waals surface area contributed by atoms with Gasteiger partial charge in [0.25, 0.3) is 0 Å². The molecule has 5 heteroatoms. The number of morpholine rings is 1. The number of hydrogen-bond acceptors (Lipinski definition) is 4. The second-order valence-electron chi connectivity index (χ2n) is 6.58. The highest BCUT2D eigenvalue weighted by Crippen LogP contribution is 2.28. The highest BCUT2D eigenvalue weighted by Gasteiger charge is 2.30. The lowest BCUT2D eigenvalue weighted by atomic mass is 9.98. The van der Waals surface area contributed by atoms with Crippen LogP contribution in [0.15, 0.2) is 53.5 Å². The quantitative estimate of drug-likeness (QED) is 0.778. The average Bonchev–Trinajstić information content (AvgIpc) is 2.69. The van der Waals surface area contributed by atoms with Crippen molar-refractivity contribution in [1.82, 2.24) is 0 Å². The fourth-order valence-corrected chi connectivity index (χ4v) is 3.55. The Balaban J connectivity index is 1.84. The van der Waals surface area contributed by atoms with Crippen molar-refractivity contribution >= 4 is 6.21 Å². The van der Waals surface area contributed by atoms with Gasteiger partial charge in [0.15, 0.2) is 11.5 Å². The highest BCUT2D eigenvalue weighted by atomic mass is 16.5. The molecule has 0 aromatic heterocycles. The van der Waals surface area contributed by atoms with E-state index in [-0.39, 0.29) is 17.8 Å². The van der Waals surface area contributed by atoms with Crippen molar-refractivity contribution in [2.75, 3.05) is 33.4 Å². The Morgan fingerprint density at radius 2 is 1.85 bits per heavy atom. The molecule has 1 saturated heterocycles. The molecule has 0 aliphatic carbocycles. The molecule has 0 radical (unpaired) electrons. The number of phenolic OH excluding ortho intramolecular Hbond substituents is 1. The van der Waals surface area contributed by atoms with Crippen molar-refractivity contribution in [3.05, 3.63) is 59.7 Å². The monoisotopic (exact) mass is 355 g/mol. The van der Waals surface area contributed by atoms with E-state index in [9.17, 15) is 5.11 Å². The van der Waals surface area contributed by atoms with Crippen LogP contribution in [0, 0.1) is 0 Å². The molecule has 0 saturated carbocycles. The molecule has 138 valence electrons. The number of methoxy groups -OCH3 is 1. The maximum atomic E-state index is 10.3. The third kappa shape index (κ3) is 4.23. The SMILES string of the molecule is COc1cccc(C=N[C@@H](C)[C@@H](c2ccccc2)[NH+]2CCOCC2)c1O. The van der Waals surface area contributed by atoms with Crippen LogP contribution in [0.4, 0.5) is 0 Å². The summed E-state index contributed by atoms with van der Waals surface area (Å²) in [7, 11) is 1.55. The summed E-state index contributed by atoms with van der Waals surface area (Å²) in [4.78, 5) is 6.27. The van der Waals surface area contributed by atoms with E-state index in [1.54, 1.807) is 19.4 Å². The lowest BCUT2D eigenvalue weighted by molar-refractivity contribution is -0.940. The van der Waals surface area contributed by atoms with Gasteiger partial charge in [0.2, 0.25) is 0 Å². The first-order valence-electron chi connectivity index (χ1n) is 9.07. The van der Waals surface area contributed by atoms with Crippen molar-refractivity contribution in [1.29, 1.82) is 0 Å². The summed E-state index contributed by atoms with van der Waals surface area (Å²) >= 11 is 0. The molecule has 2 aromatic carbocycles. The van der Waals surface area contributed by atoms with Crippen LogP contribution in [-0.4, -0.2) is 50.8 Å². The van der Waals surface area contributed by atoms with Crippen LogP contribution < -0.4 is 9.64 Å². The van der Waals surface area contributed by atoms with Crippen LogP contribution in [0.3, 0.4) is 0 Å². The number of hydrogen-bond donors (Lipinski definition) is 2. The van der Waals surface area contributed by atoms with Crippen molar-refractivity contribution in [2.45, 2.75) is 19.0 Å². The molecular formula is C21H27N2O3+. The van der Waals surface area contributed by atoms with Gasteiger partial charge in [-0.25, -0.2) is 0 Å². The lowest BCUT2D eigenvalue weighted by Crippen LogP contribution is -3.15. The predicted molar refractivity (Wildman–Crippen MR) is 102 cm³/mol. The summed E-state index contributed by atoms with van der Waals surface area (Å²) < 4.78 is 10.7. The van der Waals surface area contributed by atoms with Crippen LogP contribution in [0.5, 0.6) is 11.5 Å². The summed E-state index contributed by atoms with van der Waals surface area (Å²) in [5, 5.41) is 10.3. The maximum absolute atomic E-state index is 10.3. The number of rotatable bonds is 6. The largest absolute Gasteiger partial charge is 0.504 e. The molecule has 3 rings (SSSR count). The van der Waals surface area contributed by atoms with Gasteiger partial charge >= 0.3 is 0 Å². The molecule has 1 aliphatic heterocycles. The summed E-state index contributed by atoms with van der Waals surface area (Å²) in [6.07, 6.45) is 1.75. The Hall–Kier alpha value is -2.37. The van der Waals surface area contributed by atoms with Gasteiger partial charge in [-0.2, -0.15) is 0 Å². The number of benzene rings is 2. The van der Waals surface area contributed by atoms with E-state index >= 15 is 0 Å². The number of phenols is 1. The normalized spacial score (nSPS) is 17.9. The van der Waals surface area contributed by atoms with Crippen LogP contribution in [-0.2, 0) is 4.74 Å². The van der Waals surface area contributed by atoms with Crippen LogP contribution >= 0.6 is 0 Å². The Morgan fingerprint density at radius 1 is 1.12 bits per heavy atom. The molecule has 2 atom stereocenters. The molecule has 5 nitrogen and oxygen atoms in total. The molecule has 0 amide bonds. The molecule has 1 heterocycles. The fourth-order valence-electron chi connectivity index (χ4n) is 3.55. The van der Waals surface area contributed by atoms with E-state index in [2.05, 4.69) is 31.2 Å². The number of nitrogens with one attached hydrogen (secondary N) is 1. The summed E-state index contributed by atoms with van der Waals surface area (Å²) in [5.74, 6) is 0.584. The van der Waals surface area contributed by atoms with Crippen molar-refractivity contribution in [3.63, 3.8) is 0 Å².